The van der Waals surface area contributed by atoms with Gasteiger partial charge < -0.3 is 10.6 Å². The molecule has 0 aliphatic carbocycles. The lowest BCUT2D eigenvalue weighted by atomic mass is 10.1. The van der Waals surface area contributed by atoms with Gasteiger partial charge in [0.25, 0.3) is 16.0 Å². The molecule has 0 atom stereocenters. The van der Waals surface area contributed by atoms with Crippen LogP contribution in [0.3, 0.4) is 0 Å². The molecular weight excluding hydrogens is 290 g/mol. The lowest BCUT2D eigenvalue weighted by Crippen LogP contribution is -1.99. The molecule has 0 aliphatic heterocycles. The van der Waals surface area contributed by atoms with E-state index in [1.54, 1.807) is 11.3 Å². The van der Waals surface area contributed by atoms with Crippen molar-refractivity contribution < 1.29 is 0 Å². The molecule has 0 radical (unpaired) electrons. The Kier molecular flexibility index (Phi) is 4.12. The highest BCUT2D eigenvalue weighted by Gasteiger charge is 2.17. The molecule has 0 aliphatic rings. The van der Waals surface area contributed by atoms with Gasteiger partial charge in [-0.05, 0) is 62.2 Å². The molecule has 3 rings (SSSR count). The highest BCUT2D eigenvalue weighted by atomic mass is 32.1. The van der Waals surface area contributed by atoms with Gasteiger partial charge in [-0.15, -0.1) is 0 Å². The number of rotatable bonds is 4. The van der Waals surface area contributed by atoms with Crippen molar-refractivity contribution in [2.45, 2.75) is 27.7 Å². The van der Waals surface area contributed by atoms with Crippen LogP contribution < -0.4 is 10.6 Å². The number of nitrogens with zero attached hydrogens (tertiary/aromatic N) is 1. The average Bonchev–Trinajstić information content (AvgIpc) is 2.48. The highest BCUT2D eigenvalue weighted by Crippen LogP contribution is 2.32. The maximum Gasteiger partial charge on any atom is 0.319 e. The standard InChI is InChI=1S/C18H22N3S/c1-5-19-15-8-14-10-17-16(9-13(14)7-11(15)3)21-12(4)18(22-17)20-6-2/h7-10,19-20H,5-6H2,1-4H3/q+1. The Bertz CT molecular complexity index is 776. The van der Waals surface area contributed by atoms with E-state index in [1.807, 2.05) is 0 Å². The summed E-state index contributed by atoms with van der Waals surface area (Å²) < 4.78 is 1.22. The second-order valence-corrected chi connectivity index (χ2v) is 6.58. The molecule has 0 saturated heterocycles. The van der Waals surface area contributed by atoms with Crippen LogP contribution >= 0.6 is 11.3 Å². The first kappa shape index (κ1) is 15.0. The number of anilines is 2. The summed E-state index contributed by atoms with van der Waals surface area (Å²) in [7, 11) is 0. The van der Waals surface area contributed by atoms with Crippen molar-refractivity contribution in [1.82, 2.24) is 4.98 Å². The van der Waals surface area contributed by atoms with Crippen LogP contribution in [0.4, 0.5) is 10.7 Å². The summed E-state index contributed by atoms with van der Waals surface area (Å²) in [5.41, 5.74) is 4.64. The minimum atomic E-state index is 0.919. The first-order valence-corrected chi connectivity index (χ1v) is 8.60. The van der Waals surface area contributed by atoms with E-state index >= 15 is 0 Å². The number of hydrogen-bond donors (Lipinski definition) is 2. The Morgan fingerprint density at radius 1 is 0.955 bits per heavy atom. The molecule has 2 N–H and O–H groups in total. The van der Waals surface area contributed by atoms with Crippen LogP contribution in [0.15, 0.2) is 24.3 Å². The molecule has 0 unspecified atom stereocenters. The third-order valence-corrected chi connectivity index (χ3v) is 4.99. The average molecular weight is 312 g/mol. The minimum absolute atomic E-state index is 0.919. The summed E-state index contributed by atoms with van der Waals surface area (Å²) in [5.74, 6) is 0. The van der Waals surface area contributed by atoms with Crippen LogP contribution in [0.25, 0.3) is 21.0 Å². The zero-order valence-corrected chi connectivity index (χ0v) is 14.4. The van der Waals surface area contributed by atoms with Gasteiger partial charge in [0.15, 0.2) is 0 Å². The van der Waals surface area contributed by atoms with Crippen LogP contribution in [0, 0.1) is 13.8 Å². The van der Waals surface area contributed by atoms with Gasteiger partial charge in [0.05, 0.1) is 0 Å². The fourth-order valence-electron chi connectivity index (χ4n) is 2.72. The molecule has 0 bridgehead atoms. The molecule has 4 heteroatoms. The van der Waals surface area contributed by atoms with Gasteiger partial charge in [0.1, 0.15) is 11.2 Å². The van der Waals surface area contributed by atoms with E-state index in [0.717, 1.165) is 29.3 Å². The molecule has 0 amide bonds. The quantitative estimate of drug-likeness (QED) is 0.513. The number of nitrogens with one attached hydrogen (secondary N) is 2. The Morgan fingerprint density at radius 2 is 1.68 bits per heavy atom. The molecule has 1 aromatic heterocycles. The fourth-order valence-corrected chi connectivity index (χ4v) is 3.75. The van der Waals surface area contributed by atoms with Gasteiger partial charge in [0, 0.05) is 24.8 Å². The lowest BCUT2D eigenvalue weighted by Gasteiger charge is -2.09. The van der Waals surface area contributed by atoms with E-state index in [-0.39, 0.29) is 0 Å². The molecule has 0 spiro atoms. The predicted molar refractivity (Wildman–Crippen MR) is 99.3 cm³/mol. The molecule has 114 valence electrons. The van der Waals surface area contributed by atoms with E-state index in [4.69, 9.17) is 4.98 Å². The number of hydrogen-bond acceptors (Lipinski definition) is 3. The van der Waals surface area contributed by atoms with Gasteiger partial charge >= 0.3 is 5.00 Å². The molecule has 1 heterocycles. The molecule has 0 saturated carbocycles. The van der Waals surface area contributed by atoms with Gasteiger partial charge in [-0.25, -0.2) is 4.98 Å². The molecule has 2 aromatic carbocycles. The Labute approximate surface area is 135 Å². The number of aryl methyl sites for hydroxylation is 2. The Morgan fingerprint density at radius 3 is 2.41 bits per heavy atom. The molecule has 3 aromatic rings. The second-order valence-electron chi connectivity index (χ2n) is 5.52. The van der Waals surface area contributed by atoms with Crippen LogP contribution in [-0.4, -0.2) is 18.1 Å². The summed E-state index contributed by atoms with van der Waals surface area (Å²) in [4.78, 5) is 4.77. The van der Waals surface area contributed by atoms with E-state index in [2.05, 4.69) is 62.6 Å². The second kappa shape index (κ2) is 6.05. The van der Waals surface area contributed by atoms with Crippen molar-refractivity contribution in [1.29, 1.82) is 0 Å². The van der Waals surface area contributed by atoms with Crippen molar-refractivity contribution in [2.75, 3.05) is 23.7 Å². The molecule has 0 fully saturated rings. The molecule has 22 heavy (non-hydrogen) atoms. The van der Waals surface area contributed by atoms with Crippen LogP contribution in [-0.2, 0) is 0 Å². The number of aromatic nitrogens is 1. The normalized spacial score (nSPS) is 11.1. The van der Waals surface area contributed by atoms with Crippen molar-refractivity contribution in [2.24, 2.45) is 0 Å². The van der Waals surface area contributed by atoms with E-state index in [1.165, 1.54) is 26.7 Å². The van der Waals surface area contributed by atoms with E-state index in [0.29, 0.717) is 0 Å². The smallest absolute Gasteiger partial charge is 0.319 e. The minimum Gasteiger partial charge on any atom is -0.385 e. The van der Waals surface area contributed by atoms with E-state index in [9.17, 15) is 0 Å². The first-order chi connectivity index (χ1) is 10.6. The van der Waals surface area contributed by atoms with Crippen molar-refractivity contribution in [3.63, 3.8) is 0 Å². The Hall–Kier alpha value is -1.94. The van der Waals surface area contributed by atoms with Gasteiger partial charge in [-0.2, -0.15) is 0 Å². The van der Waals surface area contributed by atoms with Gasteiger partial charge in [0.2, 0.25) is 0 Å². The summed E-state index contributed by atoms with van der Waals surface area (Å²) in [6, 6.07) is 8.94. The lowest BCUT2D eigenvalue weighted by molar-refractivity contribution is 1.18. The zero-order valence-electron chi connectivity index (χ0n) is 13.6. The van der Waals surface area contributed by atoms with Crippen molar-refractivity contribution >= 4 is 43.0 Å². The SMILES string of the molecule is CCNc1cc2cc3[s+]c(NCC)c(C)nc3cc2cc1C. The summed E-state index contributed by atoms with van der Waals surface area (Å²) in [5, 5.41) is 10.5. The monoisotopic (exact) mass is 312 g/mol. The molecular formula is C18H22N3S+. The van der Waals surface area contributed by atoms with Crippen LogP contribution in [0.5, 0.6) is 0 Å². The van der Waals surface area contributed by atoms with Gasteiger partial charge in [-0.3, -0.25) is 0 Å². The summed E-state index contributed by atoms with van der Waals surface area (Å²) >= 11 is 1.78. The Balaban J connectivity index is 2.22. The summed E-state index contributed by atoms with van der Waals surface area (Å²) in [6.07, 6.45) is 0. The maximum atomic E-state index is 4.77. The maximum absolute atomic E-state index is 4.77. The van der Waals surface area contributed by atoms with E-state index < -0.39 is 0 Å². The predicted octanol–water partition coefficient (Wildman–Crippen LogP) is 5.21. The summed E-state index contributed by atoms with van der Waals surface area (Å²) in [6.45, 7) is 10.3. The van der Waals surface area contributed by atoms with Crippen LogP contribution in [0.1, 0.15) is 25.1 Å². The number of fused-ring (bicyclic) bond motifs is 2. The largest absolute Gasteiger partial charge is 0.385 e. The topological polar surface area (TPSA) is 37.0 Å². The van der Waals surface area contributed by atoms with Crippen molar-refractivity contribution in [3.8, 4) is 0 Å². The fraction of sp³-hybridized carbons (Fsp3) is 0.333. The first-order valence-electron chi connectivity index (χ1n) is 7.79. The third kappa shape index (κ3) is 2.71. The molecule has 3 nitrogen and oxygen atoms in total. The van der Waals surface area contributed by atoms with Gasteiger partial charge in [-0.1, -0.05) is 0 Å². The zero-order chi connectivity index (χ0) is 15.7. The highest BCUT2D eigenvalue weighted by molar-refractivity contribution is 7.22. The third-order valence-electron chi connectivity index (χ3n) is 3.79. The van der Waals surface area contributed by atoms with Crippen LogP contribution in [0.2, 0.25) is 0 Å². The van der Waals surface area contributed by atoms with Crippen molar-refractivity contribution in [3.05, 3.63) is 35.5 Å². The number of benzene rings is 2.